The maximum atomic E-state index is 12.5. The molecule has 0 radical (unpaired) electrons. The molecule has 28 heavy (non-hydrogen) atoms. The van der Waals surface area contributed by atoms with Gasteiger partial charge in [0.15, 0.2) is 11.5 Å². The number of hydrogen-bond acceptors (Lipinski definition) is 6. The van der Waals surface area contributed by atoms with Gasteiger partial charge in [-0.1, -0.05) is 13.8 Å². The second kappa shape index (κ2) is 8.43. The number of rotatable bonds is 6. The van der Waals surface area contributed by atoms with E-state index in [-0.39, 0.29) is 18.5 Å². The third-order valence-electron chi connectivity index (χ3n) is 4.15. The molecule has 3 N–H and O–H groups in total. The van der Waals surface area contributed by atoms with Gasteiger partial charge in [-0.2, -0.15) is 5.10 Å². The number of carbonyl (C=O) groups is 2. The highest BCUT2D eigenvalue weighted by molar-refractivity contribution is 5.98. The predicted octanol–water partition coefficient (Wildman–Crippen LogP) is 2.03. The molecule has 0 aliphatic carbocycles. The molecule has 2 aromatic rings. The van der Waals surface area contributed by atoms with Gasteiger partial charge in [-0.3, -0.25) is 9.59 Å². The fourth-order valence-corrected chi connectivity index (χ4v) is 2.60. The SMILES string of the molecule is CC(C)C(NC(=O)c1ccc2c(c1)OCO2)C(=O)N/N=C/c1ccc(O)cc1. The summed E-state index contributed by atoms with van der Waals surface area (Å²) in [5, 5.41) is 15.9. The number of amides is 2. The molecule has 0 aromatic heterocycles. The van der Waals surface area contributed by atoms with Gasteiger partial charge in [-0.15, -0.1) is 0 Å². The van der Waals surface area contributed by atoms with Gasteiger partial charge in [0.2, 0.25) is 6.79 Å². The fraction of sp³-hybridized carbons (Fsp3) is 0.250. The van der Waals surface area contributed by atoms with E-state index in [0.717, 1.165) is 0 Å². The van der Waals surface area contributed by atoms with Gasteiger partial charge < -0.3 is 19.9 Å². The van der Waals surface area contributed by atoms with Crippen molar-refractivity contribution in [3.05, 3.63) is 53.6 Å². The number of nitrogens with zero attached hydrogens (tertiary/aromatic N) is 1. The summed E-state index contributed by atoms with van der Waals surface area (Å²) in [6.07, 6.45) is 1.45. The molecule has 1 unspecified atom stereocenters. The van der Waals surface area contributed by atoms with Crippen LogP contribution in [0.15, 0.2) is 47.6 Å². The molecule has 8 nitrogen and oxygen atoms in total. The minimum absolute atomic E-state index is 0.121. The van der Waals surface area contributed by atoms with Crippen LogP contribution in [0, 0.1) is 5.92 Å². The number of phenols is 1. The Bertz CT molecular complexity index is 893. The van der Waals surface area contributed by atoms with Crippen LogP contribution >= 0.6 is 0 Å². The molecule has 1 heterocycles. The van der Waals surface area contributed by atoms with Crippen molar-refractivity contribution in [2.75, 3.05) is 6.79 Å². The normalized spacial score (nSPS) is 13.5. The first-order valence-corrected chi connectivity index (χ1v) is 8.76. The monoisotopic (exact) mass is 383 g/mol. The number of benzene rings is 2. The molecule has 2 aromatic carbocycles. The Balaban J connectivity index is 1.62. The van der Waals surface area contributed by atoms with E-state index < -0.39 is 17.9 Å². The van der Waals surface area contributed by atoms with Gasteiger partial charge in [0.05, 0.1) is 6.21 Å². The van der Waals surface area contributed by atoms with Crippen molar-refractivity contribution in [1.29, 1.82) is 0 Å². The molecular formula is C20H21N3O5. The average Bonchev–Trinajstić information content (AvgIpc) is 3.14. The van der Waals surface area contributed by atoms with Crippen LogP contribution in [-0.4, -0.2) is 36.0 Å². The first-order chi connectivity index (χ1) is 13.4. The number of carbonyl (C=O) groups excluding carboxylic acids is 2. The Labute approximate surface area is 162 Å². The minimum Gasteiger partial charge on any atom is -0.508 e. The summed E-state index contributed by atoms with van der Waals surface area (Å²) in [5.41, 5.74) is 3.52. The van der Waals surface area contributed by atoms with E-state index in [1.807, 2.05) is 13.8 Å². The van der Waals surface area contributed by atoms with Crippen molar-refractivity contribution in [2.45, 2.75) is 19.9 Å². The van der Waals surface area contributed by atoms with E-state index in [0.29, 0.717) is 22.6 Å². The van der Waals surface area contributed by atoms with Gasteiger partial charge in [-0.05, 0) is 53.9 Å². The highest BCUT2D eigenvalue weighted by Gasteiger charge is 2.25. The topological polar surface area (TPSA) is 109 Å². The molecule has 2 amide bonds. The first kappa shape index (κ1) is 19.2. The Kier molecular flexibility index (Phi) is 5.78. The van der Waals surface area contributed by atoms with Gasteiger partial charge >= 0.3 is 0 Å². The maximum absolute atomic E-state index is 12.5. The van der Waals surface area contributed by atoms with E-state index in [1.54, 1.807) is 30.3 Å². The van der Waals surface area contributed by atoms with Crippen LogP contribution in [0.3, 0.4) is 0 Å². The molecule has 0 saturated heterocycles. The molecule has 1 aliphatic rings. The van der Waals surface area contributed by atoms with Crippen LogP contribution in [0.1, 0.15) is 29.8 Å². The van der Waals surface area contributed by atoms with E-state index in [1.165, 1.54) is 18.3 Å². The fourth-order valence-electron chi connectivity index (χ4n) is 2.60. The summed E-state index contributed by atoms with van der Waals surface area (Å²) >= 11 is 0. The zero-order chi connectivity index (χ0) is 20.1. The zero-order valence-electron chi connectivity index (χ0n) is 15.5. The molecule has 0 fully saturated rings. The molecule has 8 heteroatoms. The molecule has 1 aliphatic heterocycles. The number of hydrazone groups is 1. The number of nitrogens with one attached hydrogen (secondary N) is 2. The number of ether oxygens (including phenoxy) is 2. The van der Waals surface area contributed by atoms with Crippen LogP contribution in [0.25, 0.3) is 0 Å². The van der Waals surface area contributed by atoms with Crippen LogP contribution < -0.4 is 20.2 Å². The lowest BCUT2D eigenvalue weighted by Crippen LogP contribution is -2.48. The van der Waals surface area contributed by atoms with E-state index in [2.05, 4.69) is 15.8 Å². The van der Waals surface area contributed by atoms with Gasteiger partial charge in [0, 0.05) is 5.56 Å². The Morgan fingerprint density at radius 2 is 1.82 bits per heavy atom. The summed E-state index contributed by atoms with van der Waals surface area (Å²) in [6, 6.07) is 10.4. The smallest absolute Gasteiger partial charge is 0.262 e. The molecular weight excluding hydrogens is 362 g/mol. The standard InChI is InChI=1S/C20H21N3O5/c1-12(2)18(20(26)23-21-10-13-3-6-15(24)7-4-13)22-19(25)14-5-8-16-17(9-14)28-11-27-16/h3-10,12,18,24H,11H2,1-2H3,(H,22,25)(H,23,26)/b21-10+. The van der Waals surface area contributed by atoms with E-state index in [4.69, 9.17) is 9.47 Å². The number of phenolic OH excluding ortho intramolecular Hbond substituents is 1. The van der Waals surface area contributed by atoms with Crippen molar-refractivity contribution in [3.63, 3.8) is 0 Å². The molecule has 146 valence electrons. The largest absolute Gasteiger partial charge is 0.508 e. The highest BCUT2D eigenvalue weighted by Crippen LogP contribution is 2.32. The van der Waals surface area contributed by atoms with Crippen molar-refractivity contribution in [2.24, 2.45) is 11.0 Å². The summed E-state index contributed by atoms with van der Waals surface area (Å²) in [5.74, 6) is 0.248. The van der Waals surface area contributed by atoms with Crippen molar-refractivity contribution in [3.8, 4) is 17.2 Å². The lowest BCUT2D eigenvalue weighted by molar-refractivity contribution is -0.123. The lowest BCUT2D eigenvalue weighted by atomic mass is 10.0. The number of fused-ring (bicyclic) bond motifs is 1. The van der Waals surface area contributed by atoms with E-state index in [9.17, 15) is 14.7 Å². The summed E-state index contributed by atoms with van der Waals surface area (Å²) in [4.78, 5) is 25.0. The van der Waals surface area contributed by atoms with Gasteiger partial charge in [0.1, 0.15) is 11.8 Å². The molecule has 0 spiro atoms. The average molecular weight is 383 g/mol. The van der Waals surface area contributed by atoms with Gasteiger partial charge in [0.25, 0.3) is 11.8 Å². The van der Waals surface area contributed by atoms with Gasteiger partial charge in [-0.25, -0.2) is 5.43 Å². The maximum Gasteiger partial charge on any atom is 0.262 e. The molecule has 0 bridgehead atoms. The first-order valence-electron chi connectivity index (χ1n) is 8.76. The second-order valence-electron chi connectivity index (χ2n) is 6.59. The van der Waals surface area contributed by atoms with Crippen molar-refractivity contribution in [1.82, 2.24) is 10.7 Å². The Morgan fingerprint density at radius 3 is 2.54 bits per heavy atom. The Hall–Kier alpha value is -3.55. The molecule has 3 rings (SSSR count). The number of aromatic hydroxyl groups is 1. The van der Waals surface area contributed by atoms with Crippen LogP contribution in [0.5, 0.6) is 17.2 Å². The van der Waals surface area contributed by atoms with Crippen LogP contribution in [0.2, 0.25) is 0 Å². The molecule has 0 saturated carbocycles. The van der Waals surface area contributed by atoms with Crippen molar-refractivity contribution < 1.29 is 24.2 Å². The third kappa shape index (κ3) is 4.59. The minimum atomic E-state index is -0.769. The second-order valence-corrected chi connectivity index (χ2v) is 6.59. The summed E-state index contributed by atoms with van der Waals surface area (Å²) in [6.45, 7) is 3.78. The quantitative estimate of drug-likeness (QED) is 0.522. The van der Waals surface area contributed by atoms with Crippen LogP contribution in [-0.2, 0) is 4.79 Å². The zero-order valence-corrected chi connectivity index (χ0v) is 15.5. The van der Waals surface area contributed by atoms with E-state index >= 15 is 0 Å². The summed E-state index contributed by atoms with van der Waals surface area (Å²) in [7, 11) is 0. The lowest BCUT2D eigenvalue weighted by Gasteiger charge is -2.20. The van der Waals surface area contributed by atoms with Crippen LogP contribution in [0.4, 0.5) is 0 Å². The highest BCUT2D eigenvalue weighted by atomic mass is 16.7. The Morgan fingerprint density at radius 1 is 1.11 bits per heavy atom. The molecule has 1 atom stereocenters. The summed E-state index contributed by atoms with van der Waals surface area (Å²) < 4.78 is 10.5. The van der Waals surface area contributed by atoms with Crippen molar-refractivity contribution >= 4 is 18.0 Å². The predicted molar refractivity (Wildman–Crippen MR) is 103 cm³/mol. The third-order valence-corrected chi connectivity index (χ3v) is 4.15. The number of hydrogen-bond donors (Lipinski definition) is 3.